The van der Waals surface area contributed by atoms with Crippen LogP contribution in [0.1, 0.15) is 15.9 Å². The van der Waals surface area contributed by atoms with E-state index in [-0.39, 0.29) is 5.78 Å². The van der Waals surface area contributed by atoms with Crippen molar-refractivity contribution in [3.8, 4) is 11.5 Å². The number of ketones is 1. The lowest BCUT2D eigenvalue weighted by molar-refractivity contribution is 0.103. The number of ether oxygens (including phenoxy) is 2. The maximum Gasteiger partial charge on any atom is 0.193 e. The van der Waals surface area contributed by atoms with Crippen LogP contribution in [0, 0.1) is 0 Å². The summed E-state index contributed by atoms with van der Waals surface area (Å²) in [7, 11) is 7.30. The smallest absolute Gasteiger partial charge is 0.193 e. The third kappa shape index (κ3) is 4.89. The first kappa shape index (κ1) is 22.9. The highest BCUT2D eigenvalue weighted by Gasteiger charge is 2.12. The van der Waals surface area contributed by atoms with Gasteiger partial charge in [-0.15, -0.1) is 0 Å². The number of rotatable bonds is 8. The molecule has 0 atom stereocenters. The normalized spacial score (nSPS) is 10.5. The van der Waals surface area contributed by atoms with Crippen LogP contribution in [0.2, 0.25) is 0 Å². The van der Waals surface area contributed by atoms with E-state index in [1.54, 1.807) is 14.2 Å². The molecule has 0 N–H and O–H groups in total. The molecule has 0 spiro atoms. The van der Waals surface area contributed by atoms with Crippen LogP contribution >= 0.6 is 0 Å². The van der Waals surface area contributed by atoms with E-state index in [1.807, 2.05) is 111 Å². The monoisotopic (exact) mass is 452 g/mol. The predicted octanol–water partition coefficient (Wildman–Crippen LogP) is 6.47. The number of carbonyl (C=O) groups excluding carboxylic acids is 1. The van der Waals surface area contributed by atoms with Crippen molar-refractivity contribution < 1.29 is 14.3 Å². The second-order valence-corrected chi connectivity index (χ2v) is 7.94. The number of nitrogens with zero attached hydrogens (tertiary/aromatic N) is 2. The van der Waals surface area contributed by atoms with Crippen LogP contribution in [0.15, 0.2) is 97.1 Å². The van der Waals surface area contributed by atoms with Gasteiger partial charge < -0.3 is 19.3 Å². The lowest BCUT2D eigenvalue weighted by atomic mass is 10.0. The molecule has 0 heterocycles. The van der Waals surface area contributed by atoms with Gasteiger partial charge in [0.25, 0.3) is 0 Å². The summed E-state index contributed by atoms with van der Waals surface area (Å²) in [5.74, 6) is 1.64. The van der Waals surface area contributed by atoms with Crippen molar-refractivity contribution >= 4 is 28.5 Å². The molecule has 4 rings (SSSR count). The highest BCUT2D eigenvalue weighted by atomic mass is 16.5. The van der Waals surface area contributed by atoms with Crippen molar-refractivity contribution in [1.82, 2.24) is 0 Å². The Kier molecular flexibility index (Phi) is 6.83. The van der Waals surface area contributed by atoms with Gasteiger partial charge in [0.2, 0.25) is 0 Å². The standard InChI is InChI=1S/C29H28N2O3/c1-30(25-13-17-27(33-3)18-14-25)23-9-5-21(6-10-23)29(32)22-7-11-24(12-8-22)31(2)26-15-19-28(34-4)20-16-26/h5-20H,1-4H3. The molecule has 0 amide bonds. The van der Waals surface area contributed by atoms with E-state index in [2.05, 4.69) is 9.80 Å². The van der Waals surface area contributed by atoms with Crippen molar-refractivity contribution in [1.29, 1.82) is 0 Å². The fourth-order valence-electron chi connectivity index (χ4n) is 3.75. The van der Waals surface area contributed by atoms with Crippen molar-refractivity contribution in [3.63, 3.8) is 0 Å². The van der Waals surface area contributed by atoms with Gasteiger partial charge in [-0.1, -0.05) is 0 Å². The van der Waals surface area contributed by atoms with E-state index in [4.69, 9.17) is 9.47 Å². The number of methoxy groups -OCH3 is 2. The Morgan fingerprint density at radius 2 is 0.765 bits per heavy atom. The van der Waals surface area contributed by atoms with E-state index in [1.165, 1.54) is 0 Å². The van der Waals surface area contributed by atoms with Gasteiger partial charge in [-0.3, -0.25) is 4.79 Å². The summed E-state index contributed by atoms with van der Waals surface area (Å²) < 4.78 is 10.5. The molecular formula is C29H28N2O3. The molecule has 0 aliphatic rings. The van der Waals surface area contributed by atoms with Gasteiger partial charge in [-0.2, -0.15) is 0 Å². The quantitative estimate of drug-likeness (QED) is 0.287. The van der Waals surface area contributed by atoms with Crippen molar-refractivity contribution in [2.75, 3.05) is 38.1 Å². The zero-order valence-corrected chi connectivity index (χ0v) is 19.9. The average molecular weight is 453 g/mol. The largest absolute Gasteiger partial charge is 0.497 e. The minimum atomic E-state index is -0.00250. The summed E-state index contributed by atoms with van der Waals surface area (Å²) in [5, 5.41) is 0. The fraction of sp³-hybridized carbons (Fsp3) is 0.138. The van der Waals surface area contributed by atoms with Crippen molar-refractivity contribution in [3.05, 3.63) is 108 Å². The van der Waals surface area contributed by atoms with E-state index in [9.17, 15) is 4.79 Å². The number of carbonyl (C=O) groups is 1. The summed E-state index contributed by atoms with van der Waals surface area (Å²) in [6.07, 6.45) is 0. The van der Waals surface area contributed by atoms with Gasteiger partial charge in [-0.25, -0.2) is 0 Å². The Morgan fingerprint density at radius 3 is 1.03 bits per heavy atom. The SMILES string of the molecule is COc1ccc(N(C)c2ccc(C(=O)c3ccc(N(C)c4ccc(OC)cc4)cc3)cc2)cc1. The summed E-state index contributed by atoms with van der Waals surface area (Å²) in [6, 6.07) is 31.1. The average Bonchev–Trinajstić information content (AvgIpc) is 2.92. The zero-order chi connectivity index (χ0) is 24.1. The lowest BCUT2D eigenvalue weighted by Gasteiger charge is -2.20. The number of anilines is 4. The molecule has 34 heavy (non-hydrogen) atoms. The molecule has 0 fully saturated rings. The first-order chi connectivity index (χ1) is 16.5. The molecule has 0 aromatic heterocycles. The molecule has 4 aromatic rings. The number of hydrogen-bond donors (Lipinski definition) is 0. The number of hydrogen-bond acceptors (Lipinski definition) is 5. The minimum absolute atomic E-state index is 0.00250. The van der Waals surface area contributed by atoms with Gasteiger partial charge in [0, 0.05) is 48.0 Å². The fourth-order valence-corrected chi connectivity index (χ4v) is 3.75. The molecular weight excluding hydrogens is 424 g/mol. The van der Waals surface area contributed by atoms with Crippen molar-refractivity contribution in [2.24, 2.45) is 0 Å². The maximum atomic E-state index is 13.0. The highest BCUT2D eigenvalue weighted by Crippen LogP contribution is 2.28. The van der Waals surface area contributed by atoms with Crippen LogP contribution in [-0.2, 0) is 0 Å². The maximum absolute atomic E-state index is 13.0. The summed E-state index contributed by atoms with van der Waals surface area (Å²) in [6.45, 7) is 0. The van der Waals surface area contributed by atoms with Gasteiger partial charge in [0.1, 0.15) is 11.5 Å². The van der Waals surface area contributed by atoms with Gasteiger partial charge >= 0.3 is 0 Å². The van der Waals surface area contributed by atoms with Crippen LogP contribution in [0.5, 0.6) is 11.5 Å². The van der Waals surface area contributed by atoms with Crippen LogP contribution < -0.4 is 19.3 Å². The molecule has 0 aliphatic carbocycles. The first-order valence-electron chi connectivity index (χ1n) is 11.0. The molecule has 5 nitrogen and oxygen atoms in total. The zero-order valence-electron chi connectivity index (χ0n) is 19.9. The Morgan fingerprint density at radius 1 is 0.500 bits per heavy atom. The Balaban J connectivity index is 1.45. The van der Waals surface area contributed by atoms with Crippen LogP contribution in [-0.4, -0.2) is 34.1 Å². The summed E-state index contributed by atoms with van der Waals surface area (Å²) >= 11 is 0. The van der Waals surface area contributed by atoms with E-state index in [0.717, 1.165) is 34.2 Å². The first-order valence-corrected chi connectivity index (χ1v) is 11.0. The van der Waals surface area contributed by atoms with E-state index < -0.39 is 0 Å². The summed E-state index contributed by atoms with van der Waals surface area (Å²) in [4.78, 5) is 17.2. The molecule has 0 aliphatic heterocycles. The van der Waals surface area contributed by atoms with Crippen LogP contribution in [0.25, 0.3) is 0 Å². The molecule has 0 radical (unpaired) electrons. The third-order valence-electron chi connectivity index (χ3n) is 5.95. The second kappa shape index (κ2) is 10.1. The molecule has 0 saturated heterocycles. The molecule has 4 aromatic carbocycles. The highest BCUT2D eigenvalue weighted by molar-refractivity contribution is 6.09. The van der Waals surface area contributed by atoms with Gasteiger partial charge in [0.15, 0.2) is 5.78 Å². The third-order valence-corrected chi connectivity index (χ3v) is 5.95. The van der Waals surface area contributed by atoms with Crippen LogP contribution in [0.4, 0.5) is 22.7 Å². The van der Waals surface area contributed by atoms with E-state index >= 15 is 0 Å². The predicted molar refractivity (Wildman–Crippen MR) is 138 cm³/mol. The Labute approximate surface area is 200 Å². The van der Waals surface area contributed by atoms with Crippen molar-refractivity contribution in [2.45, 2.75) is 0 Å². The minimum Gasteiger partial charge on any atom is -0.497 e. The molecule has 172 valence electrons. The lowest BCUT2D eigenvalue weighted by Crippen LogP contribution is -2.10. The molecule has 0 saturated carbocycles. The molecule has 0 unspecified atom stereocenters. The molecule has 5 heteroatoms. The van der Waals surface area contributed by atoms with Gasteiger partial charge in [-0.05, 0) is 97.1 Å². The second-order valence-electron chi connectivity index (χ2n) is 7.94. The topological polar surface area (TPSA) is 42.0 Å². The summed E-state index contributed by atoms with van der Waals surface area (Å²) in [5.41, 5.74) is 5.38. The van der Waals surface area contributed by atoms with Crippen LogP contribution in [0.3, 0.4) is 0 Å². The molecule has 0 bridgehead atoms. The van der Waals surface area contributed by atoms with Gasteiger partial charge in [0.05, 0.1) is 14.2 Å². The number of benzene rings is 4. The Hall–Kier alpha value is -4.25. The van der Waals surface area contributed by atoms with E-state index in [0.29, 0.717) is 11.1 Å². The Bertz CT molecular complexity index is 1130.